The van der Waals surface area contributed by atoms with Gasteiger partial charge in [0.2, 0.25) is 0 Å². The predicted octanol–water partition coefficient (Wildman–Crippen LogP) is 3.24. The van der Waals surface area contributed by atoms with Crippen molar-refractivity contribution in [1.29, 1.82) is 0 Å². The molecule has 4 nitrogen and oxygen atoms in total. The van der Waals surface area contributed by atoms with Crippen molar-refractivity contribution in [2.45, 2.75) is 40.3 Å². The summed E-state index contributed by atoms with van der Waals surface area (Å²) in [4.78, 5) is 0. The summed E-state index contributed by atoms with van der Waals surface area (Å²) in [5.41, 5.74) is 1.10. The number of methoxy groups -OCH3 is 1. The van der Waals surface area contributed by atoms with E-state index < -0.39 is 0 Å². The van der Waals surface area contributed by atoms with Crippen LogP contribution in [0.15, 0.2) is 18.2 Å². The second-order valence-electron chi connectivity index (χ2n) is 5.27. The maximum atomic E-state index is 5.61. The summed E-state index contributed by atoms with van der Waals surface area (Å²) in [6, 6.07) is 6.32. The molecule has 0 saturated heterocycles. The molecule has 0 spiro atoms. The zero-order valence-electron chi connectivity index (χ0n) is 13.9. The van der Waals surface area contributed by atoms with Crippen molar-refractivity contribution in [3.05, 3.63) is 23.8 Å². The van der Waals surface area contributed by atoms with Gasteiger partial charge in [0, 0.05) is 24.8 Å². The third kappa shape index (κ3) is 5.56. The van der Waals surface area contributed by atoms with Gasteiger partial charge in [0.15, 0.2) is 11.5 Å². The lowest BCUT2D eigenvalue weighted by Crippen LogP contribution is -2.37. The lowest BCUT2D eigenvalue weighted by atomic mass is 10.0. The molecule has 1 N–H and O–H groups in total. The van der Waals surface area contributed by atoms with Crippen molar-refractivity contribution in [2.75, 3.05) is 26.9 Å². The Kier molecular flexibility index (Phi) is 8.16. The van der Waals surface area contributed by atoms with Gasteiger partial charge in [-0.3, -0.25) is 0 Å². The van der Waals surface area contributed by atoms with Crippen molar-refractivity contribution >= 4 is 0 Å². The third-order valence-electron chi connectivity index (χ3n) is 3.43. The molecule has 4 heteroatoms. The average Bonchev–Trinajstić information content (AvgIpc) is 2.47. The molecule has 0 saturated carbocycles. The van der Waals surface area contributed by atoms with Gasteiger partial charge in [-0.15, -0.1) is 0 Å². The van der Waals surface area contributed by atoms with Crippen LogP contribution in [0.25, 0.3) is 0 Å². The highest BCUT2D eigenvalue weighted by Crippen LogP contribution is 2.31. The maximum Gasteiger partial charge on any atom is 0.165 e. The van der Waals surface area contributed by atoms with E-state index in [1.165, 1.54) is 0 Å². The zero-order chi connectivity index (χ0) is 15.7. The molecule has 1 aromatic rings. The van der Waals surface area contributed by atoms with Gasteiger partial charge in [0.1, 0.15) is 0 Å². The first-order valence-electron chi connectivity index (χ1n) is 7.73. The second-order valence-corrected chi connectivity index (χ2v) is 5.27. The van der Waals surface area contributed by atoms with Crippen LogP contribution in [0, 0.1) is 5.92 Å². The molecule has 0 heterocycles. The van der Waals surface area contributed by atoms with E-state index in [9.17, 15) is 0 Å². The molecule has 0 bridgehead atoms. The number of hydrogen-bond acceptors (Lipinski definition) is 4. The van der Waals surface area contributed by atoms with Crippen LogP contribution in [0.1, 0.15) is 33.3 Å². The molecule has 21 heavy (non-hydrogen) atoms. The molecule has 0 fully saturated rings. The van der Waals surface area contributed by atoms with Crippen LogP contribution in [-0.2, 0) is 11.3 Å². The van der Waals surface area contributed by atoms with Gasteiger partial charge in [-0.05, 0) is 25.8 Å². The molecular weight excluding hydrogens is 266 g/mol. The Hall–Kier alpha value is -1.26. The summed E-state index contributed by atoms with van der Waals surface area (Å²) in [6.45, 7) is 11.2. The molecule has 0 aromatic heterocycles. The van der Waals surface area contributed by atoms with E-state index in [4.69, 9.17) is 14.2 Å². The van der Waals surface area contributed by atoms with Gasteiger partial charge in [-0.2, -0.15) is 0 Å². The van der Waals surface area contributed by atoms with Crippen molar-refractivity contribution in [2.24, 2.45) is 5.92 Å². The SMILES string of the molecule is CCOCC(NCc1cccc(OCC)c1OC)C(C)C. The standard InChI is InChI=1S/C17H29NO3/c1-6-20-12-15(13(3)4)18-11-14-9-8-10-16(21-7-2)17(14)19-5/h8-10,13,15,18H,6-7,11-12H2,1-5H3. The van der Waals surface area contributed by atoms with Crippen LogP contribution in [0.3, 0.4) is 0 Å². The Morgan fingerprint density at radius 2 is 1.90 bits per heavy atom. The second kappa shape index (κ2) is 9.64. The molecule has 1 aromatic carbocycles. The van der Waals surface area contributed by atoms with E-state index in [0.29, 0.717) is 18.6 Å². The Bertz CT molecular complexity index is 407. The van der Waals surface area contributed by atoms with Crippen LogP contribution >= 0.6 is 0 Å². The van der Waals surface area contributed by atoms with E-state index in [2.05, 4.69) is 25.2 Å². The molecule has 0 aliphatic rings. The monoisotopic (exact) mass is 295 g/mol. The highest BCUT2D eigenvalue weighted by molar-refractivity contribution is 5.46. The summed E-state index contributed by atoms with van der Waals surface area (Å²) in [6.07, 6.45) is 0. The van der Waals surface area contributed by atoms with Gasteiger partial charge >= 0.3 is 0 Å². The Morgan fingerprint density at radius 1 is 1.14 bits per heavy atom. The Balaban J connectivity index is 2.74. The van der Waals surface area contributed by atoms with Crippen molar-refractivity contribution < 1.29 is 14.2 Å². The highest BCUT2D eigenvalue weighted by atomic mass is 16.5. The topological polar surface area (TPSA) is 39.7 Å². The van der Waals surface area contributed by atoms with Crippen LogP contribution in [-0.4, -0.2) is 33.0 Å². The smallest absolute Gasteiger partial charge is 0.165 e. The van der Waals surface area contributed by atoms with Crippen molar-refractivity contribution in [3.63, 3.8) is 0 Å². The van der Waals surface area contributed by atoms with Gasteiger partial charge in [0.05, 0.1) is 20.3 Å². The maximum absolute atomic E-state index is 5.61. The van der Waals surface area contributed by atoms with Gasteiger partial charge < -0.3 is 19.5 Å². The number of ether oxygens (including phenoxy) is 3. The fourth-order valence-electron chi connectivity index (χ4n) is 2.17. The third-order valence-corrected chi connectivity index (χ3v) is 3.43. The first-order chi connectivity index (χ1) is 10.1. The molecule has 0 amide bonds. The predicted molar refractivity (Wildman–Crippen MR) is 86.1 cm³/mol. The van der Waals surface area contributed by atoms with Gasteiger partial charge in [-0.25, -0.2) is 0 Å². The minimum atomic E-state index is 0.324. The first kappa shape index (κ1) is 17.8. The molecule has 1 rings (SSSR count). The molecular formula is C17H29NO3. The van der Waals surface area contributed by atoms with Crippen LogP contribution in [0.5, 0.6) is 11.5 Å². The van der Waals surface area contributed by atoms with E-state index in [-0.39, 0.29) is 0 Å². The lowest BCUT2D eigenvalue weighted by molar-refractivity contribution is 0.107. The summed E-state index contributed by atoms with van der Waals surface area (Å²) < 4.78 is 16.7. The summed E-state index contributed by atoms with van der Waals surface area (Å²) in [5, 5.41) is 3.55. The number of rotatable bonds is 10. The van der Waals surface area contributed by atoms with Crippen molar-refractivity contribution in [3.8, 4) is 11.5 Å². The number of benzene rings is 1. The molecule has 120 valence electrons. The van der Waals surface area contributed by atoms with Crippen LogP contribution in [0.2, 0.25) is 0 Å². The van der Waals surface area contributed by atoms with E-state index in [1.54, 1.807) is 7.11 Å². The number of para-hydroxylation sites is 1. The molecule has 1 atom stereocenters. The number of hydrogen-bond donors (Lipinski definition) is 1. The first-order valence-corrected chi connectivity index (χ1v) is 7.73. The minimum absolute atomic E-state index is 0.324. The molecule has 0 aliphatic carbocycles. The summed E-state index contributed by atoms with van der Waals surface area (Å²) in [7, 11) is 1.68. The van der Waals surface area contributed by atoms with Crippen molar-refractivity contribution in [1.82, 2.24) is 5.32 Å². The summed E-state index contributed by atoms with van der Waals surface area (Å²) >= 11 is 0. The highest BCUT2D eigenvalue weighted by Gasteiger charge is 2.15. The lowest BCUT2D eigenvalue weighted by Gasteiger charge is -2.23. The van der Waals surface area contributed by atoms with E-state index in [0.717, 1.165) is 36.8 Å². The molecule has 0 radical (unpaired) electrons. The largest absolute Gasteiger partial charge is 0.493 e. The van der Waals surface area contributed by atoms with E-state index in [1.807, 2.05) is 26.0 Å². The van der Waals surface area contributed by atoms with Crippen LogP contribution < -0.4 is 14.8 Å². The molecule has 0 aliphatic heterocycles. The fraction of sp³-hybridized carbons (Fsp3) is 0.647. The molecule has 1 unspecified atom stereocenters. The summed E-state index contributed by atoms with van der Waals surface area (Å²) in [5.74, 6) is 2.12. The number of nitrogens with one attached hydrogen (secondary N) is 1. The Labute approximate surface area is 128 Å². The Morgan fingerprint density at radius 3 is 2.48 bits per heavy atom. The minimum Gasteiger partial charge on any atom is -0.493 e. The normalized spacial score (nSPS) is 12.5. The average molecular weight is 295 g/mol. The zero-order valence-corrected chi connectivity index (χ0v) is 13.9. The quantitative estimate of drug-likeness (QED) is 0.719. The fourth-order valence-corrected chi connectivity index (χ4v) is 2.17. The van der Waals surface area contributed by atoms with Crippen LogP contribution in [0.4, 0.5) is 0 Å². The van der Waals surface area contributed by atoms with Gasteiger partial charge in [-0.1, -0.05) is 26.0 Å². The van der Waals surface area contributed by atoms with E-state index >= 15 is 0 Å². The van der Waals surface area contributed by atoms with Gasteiger partial charge in [0.25, 0.3) is 0 Å².